The van der Waals surface area contributed by atoms with Crippen molar-refractivity contribution in [3.8, 4) is 0 Å². The smallest absolute Gasteiger partial charge is 0.216 e. The van der Waals surface area contributed by atoms with Gasteiger partial charge in [-0.25, -0.2) is 0 Å². The minimum atomic E-state index is -0.452. The van der Waals surface area contributed by atoms with Crippen LogP contribution in [0.4, 0.5) is 5.69 Å². The van der Waals surface area contributed by atoms with E-state index in [1.807, 2.05) is 0 Å². The lowest BCUT2D eigenvalue weighted by atomic mass is 10.1. The molecule has 0 spiro atoms. The Labute approximate surface area is 145 Å². The van der Waals surface area contributed by atoms with Crippen LogP contribution in [0.5, 0.6) is 0 Å². The van der Waals surface area contributed by atoms with Gasteiger partial charge in [0.25, 0.3) is 0 Å². The molecule has 0 saturated heterocycles. The minimum Gasteiger partial charge on any atom is -0.513 e. The van der Waals surface area contributed by atoms with Gasteiger partial charge in [0.2, 0.25) is 5.78 Å². The zero-order chi connectivity index (χ0) is 16.1. The molecule has 0 aliphatic rings. The quantitative estimate of drug-likeness (QED) is 0.291. The lowest BCUT2D eigenvalue weighted by Crippen LogP contribution is -2.01. The van der Waals surface area contributed by atoms with Crippen LogP contribution in [0.25, 0.3) is 0 Å². The number of carbonyl (C=O) groups is 1. The predicted octanol–water partition coefficient (Wildman–Crippen LogP) is 6.12. The summed E-state index contributed by atoms with van der Waals surface area (Å²) in [4.78, 5) is 12.2. The van der Waals surface area contributed by atoms with Crippen LogP contribution in [0.3, 0.4) is 0 Å². The first-order valence-electron chi connectivity index (χ1n) is 6.02. The minimum absolute atomic E-state index is 0.196. The summed E-state index contributed by atoms with van der Waals surface area (Å²) in [6, 6.07) is 11.3. The molecule has 2 aromatic rings. The standard InChI is InChI=1S/C15H9BrCl2N2O2/c16-10-3-1-9(2-4-10)15(22)14(8-21)20-19-13-6-11(17)5-12(18)7-13/h1-8,21H/b14-8-,20-19?. The first-order valence-corrected chi connectivity index (χ1v) is 7.57. The van der Waals surface area contributed by atoms with Crippen molar-refractivity contribution in [1.82, 2.24) is 0 Å². The van der Waals surface area contributed by atoms with Crippen molar-refractivity contribution in [2.24, 2.45) is 10.2 Å². The molecule has 0 fully saturated rings. The molecule has 2 rings (SSSR count). The Morgan fingerprint density at radius 2 is 1.68 bits per heavy atom. The van der Waals surface area contributed by atoms with Crippen molar-refractivity contribution >= 4 is 50.6 Å². The molecule has 0 saturated carbocycles. The number of aliphatic hydroxyl groups excluding tert-OH is 1. The van der Waals surface area contributed by atoms with Gasteiger partial charge in [-0.2, -0.15) is 5.11 Å². The maximum atomic E-state index is 12.2. The molecule has 0 atom stereocenters. The van der Waals surface area contributed by atoms with Gasteiger partial charge >= 0.3 is 0 Å². The molecule has 0 aliphatic carbocycles. The second-order valence-electron chi connectivity index (χ2n) is 4.18. The van der Waals surface area contributed by atoms with E-state index in [2.05, 4.69) is 26.2 Å². The number of Topliss-reactive ketones (excluding diaryl/α,β-unsaturated/α-hetero) is 1. The number of benzene rings is 2. The van der Waals surface area contributed by atoms with E-state index in [0.29, 0.717) is 27.6 Å². The average molecular weight is 400 g/mol. The Balaban J connectivity index is 2.23. The summed E-state index contributed by atoms with van der Waals surface area (Å²) in [6.07, 6.45) is 0.611. The highest BCUT2D eigenvalue weighted by atomic mass is 79.9. The third kappa shape index (κ3) is 4.40. The topological polar surface area (TPSA) is 62.0 Å². The van der Waals surface area contributed by atoms with E-state index < -0.39 is 5.78 Å². The molecular weight excluding hydrogens is 391 g/mol. The van der Waals surface area contributed by atoms with E-state index in [9.17, 15) is 9.90 Å². The molecule has 0 radical (unpaired) electrons. The number of carbonyl (C=O) groups excluding carboxylic acids is 1. The van der Waals surface area contributed by atoms with E-state index in [0.717, 1.165) is 4.47 Å². The zero-order valence-corrected chi connectivity index (χ0v) is 14.1. The van der Waals surface area contributed by atoms with Gasteiger partial charge in [0, 0.05) is 20.1 Å². The fourth-order valence-electron chi connectivity index (χ4n) is 1.59. The van der Waals surface area contributed by atoms with Crippen LogP contribution in [0.1, 0.15) is 10.4 Å². The number of nitrogens with zero attached hydrogens (tertiary/aromatic N) is 2. The molecule has 7 heteroatoms. The van der Waals surface area contributed by atoms with E-state index in [1.54, 1.807) is 30.3 Å². The molecule has 0 aliphatic heterocycles. The Morgan fingerprint density at radius 1 is 1.09 bits per heavy atom. The molecule has 0 aromatic heterocycles. The molecule has 112 valence electrons. The number of hydrogen-bond donors (Lipinski definition) is 1. The van der Waals surface area contributed by atoms with E-state index in [1.165, 1.54) is 12.1 Å². The highest BCUT2D eigenvalue weighted by molar-refractivity contribution is 9.10. The van der Waals surface area contributed by atoms with Crippen molar-refractivity contribution in [2.75, 3.05) is 0 Å². The van der Waals surface area contributed by atoms with Gasteiger partial charge in [0.05, 0.1) is 5.69 Å². The molecule has 22 heavy (non-hydrogen) atoms. The first kappa shape index (κ1) is 16.7. The number of ketones is 1. The molecule has 2 aromatic carbocycles. The monoisotopic (exact) mass is 398 g/mol. The molecular formula is C15H9BrCl2N2O2. The first-order chi connectivity index (χ1) is 10.5. The van der Waals surface area contributed by atoms with E-state index >= 15 is 0 Å². The number of azo groups is 1. The third-order valence-electron chi connectivity index (χ3n) is 2.58. The molecule has 0 bridgehead atoms. The Morgan fingerprint density at radius 3 is 2.23 bits per heavy atom. The Hall–Kier alpha value is -1.69. The molecule has 0 unspecified atom stereocenters. The largest absolute Gasteiger partial charge is 0.513 e. The third-order valence-corrected chi connectivity index (χ3v) is 3.55. The summed E-state index contributed by atoms with van der Waals surface area (Å²) in [5.74, 6) is -0.452. The summed E-state index contributed by atoms with van der Waals surface area (Å²) in [7, 11) is 0. The number of hydrogen-bond acceptors (Lipinski definition) is 4. The highest BCUT2D eigenvalue weighted by Gasteiger charge is 2.12. The number of rotatable bonds is 4. The van der Waals surface area contributed by atoms with Crippen molar-refractivity contribution in [3.63, 3.8) is 0 Å². The van der Waals surface area contributed by atoms with Crippen LogP contribution in [-0.2, 0) is 0 Å². The summed E-state index contributed by atoms with van der Waals surface area (Å²) in [5, 5.41) is 17.6. The summed E-state index contributed by atoms with van der Waals surface area (Å²) >= 11 is 15.0. The van der Waals surface area contributed by atoms with Gasteiger partial charge in [0.15, 0.2) is 5.70 Å². The fraction of sp³-hybridized carbons (Fsp3) is 0. The summed E-state index contributed by atoms with van der Waals surface area (Å²) in [6.45, 7) is 0. The highest BCUT2D eigenvalue weighted by Crippen LogP contribution is 2.25. The van der Waals surface area contributed by atoms with Crippen LogP contribution in [-0.4, -0.2) is 10.9 Å². The Kier molecular flexibility index (Phi) is 5.71. The molecule has 1 N–H and O–H groups in total. The van der Waals surface area contributed by atoms with Crippen LogP contribution < -0.4 is 0 Å². The zero-order valence-electron chi connectivity index (χ0n) is 11.0. The van der Waals surface area contributed by atoms with Crippen LogP contribution in [0, 0.1) is 0 Å². The van der Waals surface area contributed by atoms with Gasteiger partial charge < -0.3 is 5.11 Å². The maximum Gasteiger partial charge on any atom is 0.216 e. The second-order valence-corrected chi connectivity index (χ2v) is 5.97. The van der Waals surface area contributed by atoms with Crippen molar-refractivity contribution < 1.29 is 9.90 Å². The van der Waals surface area contributed by atoms with Gasteiger partial charge in [-0.05, 0) is 42.5 Å². The number of aliphatic hydroxyl groups is 1. The predicted molar refractivity (Wildman–Crippen MR) is 90.2 cm³/mol. The second kappa shape index (κ2) is 7.54. The van der Waals surface area contributed by atoms with Crippen LogP contribution in [0.2, 0.25) is 10.0 Å². The normalized spacial score (nSPS) is 11.9. The lowest BCUT2D eigenvalue weighted by molar-refractivity contribution is 0.102. The SMILES string of the molecule is O=C(/C(=C/O)N=Nc1cc(Cl)cc(Cl)c1)c1ccc(Br)cc1. The number of halogens is 3. The molecule has 4 nitrogen and oxygen atoms in total. The van der Waals surface area contributed by atoms with Crippen LogP contribution in [0.15, 0.2) is 69.1 Å². The molecule has 0 amide bonds. The van der Waals surface area contributed by atoms with Gasteiger partial charge in [0.1, 0.15) is 6.26 Å². The van der Waals surface area contributed by atoms with Crippen molar-refractivity contribution in [2.45, 2.75) is 0 Å². The summed E-state index contributed by atoms with van der Waals surface area (Å²) < 4.78 is 0.841. The van der Waals surface area contributed by atoms with Gasteiger partial charge in [-0.3, -0.25) is 4.79 Å². The molecule has 0 heterocycles. The van der Waals surface area contributed by atoms with Gasteiger partial charge in [-0.1, -0.05) is 39.1 Å². The fourth-order valence-corrected chi connectivity index (χ4v) is 2.37. The van der Waals surface area contributed by atoms with E-state index in [4.69, 9.17) is 23.2 Å². The number of allylic oxidation sites excluding steroid dienone is 1. The van der Waals surface area contributed by atoms with E-state index in [-0.39, 0.29) is 5.70 Å². The van der Waals surface area contributed by atoms with Crippen molar-refractivity contribution in [1.29, 1.82) is 0 Å². The maximum absolute atomic E-state index is 12.2. The van der Waals surface area contributed by atoms with Gasteiger partial charge in [-0.15, -0.1) is 5.11 Å². The summed E-state index contributed by atoms with van der Waals surface area (Å²) in [5.41, 5.74) is 0.561. The van der Waals surface area contributed by atoms with Crippen LogP contribution >= 0.6 is 39.1 Å². The lowest BCUT2D eigenvalue weighted by Gasteiger charge is -2.00. The average Bonchev–Trinajstić information content (AvgIpc) is 2.47. The Bertz CT molecular complexity index is 738. The van der Waals surface area contributed by atoms with Crippen molar-refractivity contribution in [3.05, 3.63) is 74.5 Å².